The van der Waals surface area contributed by atoms with E-state index in [4.69, 9.17) is 20.3 Å². The fourth-order valence-corrected chi connectivity index (χ4v) is 8.94. The first-order chi connectivity index (χ1) is 21.7. The van der Waals surface area contributed by atoms with Crippen molar-refractivity contribution in [3.63, 3.8) is 0 Å². The van der Waals surface area contributed by atoms with Gasteiger partial charge in [0.1, 0.15) is 0 Å². The molecule has 1 atom stereocenters. The summed E-state index contributed by atoms with van der Waals surface area (Å²) in [5, 5.41) is 0.522. The van der Waals surface area contributed by atoms with E-state index >= 15 is 0 Å². The average Bonchev–Trinajstić information content (AvgIpc) is 3.21. The Morgan fingerprint density at radius 3 is 2.06 bits per heavy atom. The molecule has 0 radical (unpaired) electrons. The van der Waals surface area contributed by atoms with Crippen molar-refractivity contribution in [3.05, 3.63) is 114 Å². The lowest BCUT2D eigenvalue weighted by atomic mass is 9.79. The zero-order valence-electron chi connectivity index (χ0n) is 32.1. The number of hydrogen-bond acceptors (Lipinski definition) is 2. The molecule has 0 amide bonds. The van der Waals surface area contributed by atoms with Crippen LogP contribution in [0.4, 0.5) is 0 Å². The predicted octanol–water partition coefficient (Wildman–Crippen LogP) is 3.98. The average molecular weight is 502 g/mol. The van der Waals surface area contributed by atoms with Crippen molar-refractivity contribution < 1.29 is 24.4 Å². The van der Waals surface area contributed by atoms with Gasteiger partial charge in [0.05, 0.1) is 22.2 Å². The van der Waals surface area contributed by atoms with E-state index in [1.807, 2.05) is 6.92 Å². The topological polar surface area (TPSA) is 18.5 Å². The molecular formula is C32H35BO2Si. The zero-order valence-corrected chi connectivity index (χ0v) is 22.1. The summed E-state index contributed by atoms with van der Waals surface area (Å²) < 4.78 is 111. The molecule has 4 heteroatoms. The minimum Gasteiger partial charge on any atom is -0.399 e. The third-order valence-corrected chi connectivity index (χ3v) is 11.8. The van der Waals surface area contributed by atoms with Crippen LogP contribution in [-0.2, 0) is 9.31 Å². The normalized spacial score (nSPS) is 22.8. The fraction of sp³-hybridized carbons (Fsp3) is 0.250. The molecule has 0 aromatic heterocycles. The third kappa shape index (κ3) is 4.07. The largest absolute Gasteiger partial charge is 0.494 e. The van der Waals surface area contributed by atoms with Gasteiger partial charge in [-0.15, -0.1) is 0 Å². The smallest absolute Gasteiger partial charge is 0.399 e. The maximum Gasteiger partial charge on any atom is 0.494 e. The van der Waals surface area contributed by atoms with E-state index in [0.29, 0.717) is 10.4 Å². The summed E-state index contributed by atoms with van der Waals surface area (Å²) in [6.45, 7) is 6.04. The Morgan fingerprint density at radius 2 is 1.39 bits per heavy atom. The third-order valence-electron chi connectivity index (χ3n) is 7.26. The van der Waals surface area contributed by atoms with E-state index < -0.39 is 81.1 Å². The second kappa shape index (κ2) is 9.19. The molecule has 0 spiro atoms. The molecule has 36 heavy (non-hydrogen) atoms. The number of hydrogen-bond donors (Lipinski definition) is 0. The molecule has 5 rings (SSSR count). The molecule has 1 fully saturated rings. The highest BCUT2D eigenvalue weighted by Crippen LogP contribution is 2.36. The highest BCUT2D eigenvalue weighted by Gasteiger charge is 2.52. The van der Waals surface area contributed by atoms with Crippen LogP contribution in [0.1, 0.15) is 53.9 Å². The number of rotatable bonds is 5. The van der Waals surface area contributed by atoms with Crippen molar-refractivity contribution >= 4 is 41.4 Å². The fourth-order valence-electron chi connectivity index (χ4n) is 4.58. The summed E-state index contributed by atoms with van der Waals surface area (Å²) in [4.78, 5) is 0. The van der Waals surface area contributed by atoms with Crippen LogP contribution in [-0.4, -0.2) is 26.4 Å². The quantitative estimate of drug-likeness (QED) is 0.304. The maximum absolute atomic E-state index is 9.76. The highest BCUT2D eigenvalue weighted by atomic mass is 28.3. The molecule has 0 N–H and O–H groups in total. The Kier molecular flexibility index (Phi) is 3.76. The summed E-state index contributed by atoms with van der Waals surface area (Å²) in [7, 11) is -5.75. The molecule has 1 unspecified atom stereocenters. The Balaban J connectivity index is 2.11. The van der Waals surface area contributed by atoms with Crippen LogP contribution in [0.25, 0.3) is 0 Å². The molecule has 2 nitrogen and oxygen atoms in total. The first kappa shape index (κ1) is 14.7. The van der Waals surface area contributed by atoms with Crippen LogP contribution in [0, 0.1) is 13.8 Å². The lowest BCUT2D eigenvalue weighted by Gasteiger charge is -2.36. The van der Waals surface area contributed by atoms with Crippen LogP contribution in [0.3, 0.4) is 0 Å². The minimum atomic E-state index is -4.46. The standard InChI is InChI=1S/C32H35BO2Si/c1-24-19-21-28(22-20-24)36(27-15-8-7-9-16-27,30-18-11-10-13-25(30)2)29-17-12-14-26(23-29)33-34-31(3,4)32(5,6)35-33/h7-23H,1-6H3/i2D3,10D,11D,12D,13D,14D,17D,18D,23D. The van der Waals surface area contributed by atoms with Gasteiger partial charge < -0.3 is 9.31 Å². The van der Waals surface area contributed by atoms with Gasteiger partial charge in [0.2, 0.25) is 0 Å². The molecule has 182 valence electrons. The molecule has 0 aliphatic carbocycles. The van der Waals surface area contributed by atoms with Gasteiger partial charge >= 0.3 is 7.12 Å². The van der Waals surface area contributed by atoms with E-state index in [1.165, 1.54) is 0 Å². The van der Waals surface area contributed by atoms with Crippen LogP contribution in [0.15, 0.2) is 103 Å². The van der Waals surface area contributed by atoms with E-state index in [2.05, 4.69) is 0 Å². The van der Waals surface area contributed by atoms with Crippen molar-refractivity contribution in [3.8, 4) is 0 Å². The Labute approximate surface area is 232 Å². The van der Waals surface area contributed by atoms with Crippen molar-refractivity contribution in [1.82, 2.24) is 0 Å². The van der Waals surface area contributed by atoms with Crippen LogP contribution < -0.4 is 26.2 Å². The van der Waals surface area contributed by atoms with Gasteiger partial charge in [-0.25, -0.2) is 0 Å². The van der Waals surface area contributed by atoms with Gasteiger partial charge in [0.25, 0.3) is 0 Å². The first-order valence-corrected chi connectivity index (χ1v) is 13.9. The molecule has 1 aliphatic heterocycles. The van der Waals surface area contributed by atoms with Crippen molar-refractivity contribution in [2.24, 2.45) is 0 Å². The zero-order chi connectivity index (χ0) is 35.0. The summed E-state index contributed by atoms with van der Waals surface area (Å²) in [5.41, 5.74) is -1.63. The van der Waals surface area contributed by atoms with Crippen LogP contribution in [0.5, 0.6) is 0 Å². The van der Waals surface area contributed by atoms with Crippen molar-refractivity contribution in [2.45, 2.75) is 52.7 Å². The van der Waals surface area contributed by atoms with Gasteiger partial charge in [-0.3, -0.25) is 0 Å². The molecule has 1 aliphatic rings. The number of benzene rings is 4. The molecule has 0 saturated carbocycles. The Hall–Kier alpha value is -2.92. The molecule has 4 aromatic rings. The highest BCUT2D eigenvalue weighted by molar-refractivity contribution is 7.20. The summed E-state index contributed by atoms with van der Waals surface area (Å²) in [6, 6.07) is 10.9. The van der Waals surface area contributed by atoms with E-state index in [9.17, 15) is 4.11 Å². The SMILES string of the molecule is [2H]c1c([2H])c([2H])c([Si](c2ccccc2)(c2ccc(C)cc2)c2c([2H])c([2H])c([2H])c(B3OC(C)(C)C(C)(C)O3)c2[2H])c(C([2H])([2H])[2H])c1[2H]. The lowest BCUT2D eigenvalue weighted by Crippen LogP contribution is -2.75. The van der Waals surface area contributed by atoms with Gasteiger partial charge in [-0.05, 0) is 67.7 Å². The summed E-state index contributed by atoms with van der Waals surface area (Å²) in [6.07, 6.45) is 0. The predicted molar refractivity (Wildman–Crippen MR) is 155 cm³/mol. The van der Waals surface area contributed by atoms with E-state index in [-0.39, 0.29) is 21.9 Å². The Bertz CT molecular complexity index is 1860. The molecule has 1 heterocycles. The van der Waals surface area contributed by atoms with Gasteiger partial charge in [-0.1, -0.05) is 114 Å². The lowest BCUT2D eigenvalue weighted by molar-refractivity contribution is 0.00578. The second-order valence-corrected chi connectivity index (χ2v) is 13.8. The monoisotopic (exact) mass is 501 g/mol. The first-order valence-electron chi connectivity index (χ1n) is 17.4. The van der Waals surface area contributed by atoms with Gasteiger partial charge in [0, 0.05) is 4.11 Å². The summed E-state index contributed by atoms with van der Waals surface area (Å²) in [5.74, 6) is 0. The minimum absolute atomic E-state index is 0.103. The Morgan fingerprint density at radius 1 is 0.750 bits per heavy atom. The summed E-state index contributed by atoms with van der Waals surface area (Å²) >= 11 is 0. The molecule has 0 bridgehead atoms. The number of aryl methyl sites for hydroxylation is 1. The van der Waals surface area contributed by atoms with Gasteiger partial charge in [-0.2, -0.15) is 0 Å². The maximum atomic E-state index is 9.76. The molecule has 1 saturated heterocycles. The van der Waals surface area contributed by atoms with Crippen molar-refractivity contribution in [1.29, 1.82) is 0 Å². The van der Waals surface area contributed by atoms with Crippen LogP contribution in [0.2, 0.25) is 0 Å². The van der Waals surface area contributed by atoms with Crippen molar-refractivity contribution in [2.75, 3.05) is 0 Å². The van der Waals surface area contributed by atoms with E-state index in [0.717, 1.165) is 5.56 Å². The van der Waals surface area contributed by atoms with Crippen LogP contribution >= 0.6 is 0 Å². The molecular weight excluding hydrogens is 455 g/mol. The molecule has 4 aromatic carbocycles. The van der Waals surface area contributed by atoms with E-state index in [1.54, 1.807) is 82.3 Å². The van der Waals surface area contributed by atoms with Gasteiger partial charge in [0.15, 0.2) is 8.07 Å². The second-order valence-electron chi connectivity index (χ2n) is 10.1.